The molecule has 0 radical (unpaired) electrons. The molecule has 2 N–H and O–H groups in total. The molecule has 2 rings (SSSR count). The van der Waals surface area contributed by atoms with Gasteiger partial charge in [-0.2, -0.15) is 0 Å². The van der Waals surface area contributed by atoms with Crippen molar-refractivity contribution in [2.45, 2.75) is 11.0 Å². The lowest BCUT2D eigenvalue weighted by atomic mass is 10.3. The Morgan fingerprint density at radius 3 is 2.61 bits per heavy atom. The summed E-state index contributed by atoms with van der Waals surface area (Å²) in [5, 5.41) is 10.8. The predicted molar refractivity (Wildman–Crippen MR) is 74.6 cm³/mol. The molecular formula is C13H19ClNO2S+. The molecule has 0 unspecified atom stereocenters. The molecule has 0 spiro atoms. The summed E-state index contributed by atoms with van der Waals surface area (Å²) in [7, 11) is 0. The van der Waals surface area contributed by atoms with Crippen molar-refractivity contribution in [2.24, 2.45) is 0 Å². The minimum absolute atomic E-state index is 0.265. The zero-order chi connectivity index (χ0) is 12.8. The molecule has 0 bridgehead atoms. The second-order valence-corrected chi connectivity index (χ2v) is 6.02. The van der Waals surface area contributed by atoms with Gasteiger partial charge in [0.25, 0.3) is 0 Å². The van der Waals surface area contributed by atoms with Gasteiger partial charge in [0.15, 0.2) is 0 Å². The smallest absolute Gasteiger partial charge is 0.112 e. The van der Waals surface area contributed by atoms with Gasteiger partial charge in [-0.3, -0.25) is 0 Å². The van der Waals surface area contributed by atoms with Gasteiger partial charge in [-0.15, -0.1) is 11.8 Å². The van der Waals surface area contributed by atoms with Crippen LogP contribution in [-0.2, 0) is 4.74 Å². The van der Waals surface area contributed by atoms with E-state index in [1.807, 2.05) is 24.3 Å². The fourth-order valence-corrected chi connectivity index (χ4v) is 2.94. The van der Waals surface area contributed by atoms with Gasteiger partial charge >= 0.3 is 0 Å². The normalized spacial score (nSPS) is 18.8. The van der Waals surface area contributed by atoms with E-state index < -0.39 is 0 Å². The molecule has 1 saturated heterocycles. The van der Waals surface area contributed by atoms with Crippen LogP contribution in [0.15, 0.2) is 29.2 Å². The first-order valence-electron chi connectivity index (χ1n) is 6.22. The average Bonchev–Trinajstić information content (AvgIpc) is 2.39. The predicted octanol–water partition coefficient (Wildman–Crippen LogP) is 0.708. The van der Waals surface area contributed by atoms with Crippen LogP contribution in [-0.4, -0.2) is 49.8 Å². The number of thioether (sulfide) groups is 1. The number of benzene rings is 1. The summed E-state index contributed by atoms with van der Waals surface area (Å²) < 4.78 is 5.30. The third kappa shape index (κ3) is 4.78. The van der Waals surface area contributed by atoms with Gasteiger partial charge < -0.3 is 14.7 Å². The quantitative estimate of drug-likeness (QED) is 0.783. The molecule has 100 valence electrons. The van der Waals surface area contributed by atoms with Gasteiger partial charge in [-0.25, -0.2) is 0 Å². The maximum Gasteiger partial charge on any atom is 0.112 e. The molecule has 0 saturated carbocycles. The van der Waals surface area contributed by atoms with Gasteiger partial charge in [0.2, 0.25) is 0 Å². The molecule has 1 atom stereocenters. The second-order valence-electron chi connectivity index (χ2n) is 4.49. The Morgan fingerprint density at radius 2 is 1.94 bits per heavy atom. The Kier molecular flexibility index (Phi) is 5.79. The summed E-state index contributed by atoms with van der Waals surface area (Å²) in [5.74, 6) is 0.728. The fraction of sp³-hybridized carbons (Fsp3) is 0.538. The van der Waals surface area contributed by atoms with E-state index in [1.54, 1.807) is 11.8 Å². The van der Waals surface area contributed by atoms with Gasteiger partial charge in [0, 0.05) is 15.7 Å². The van der Waals surface area contributed by atoms with Crippen molar-refractivity contribution in [1.82, 2.24) is 0 Å². The van der Waals surface area contributed by atoms with Gasteiger partial charge in [0.1, 0.15) is 25.7 Å². The largest absolute Gasteiger partial charge is 0.386 e. The highest BCUT2D eigenvalue weighted by Crippen LogP contribution is 2.20. The minimum Gasteiger partial charge on any atom is -0.386 e. The van der Waals surface area contributed by atoms with Crippen LogP contribution in [0.25, 0.3) is 0 Å². The zero-order valence-corrected chi connectivity index (χ0v) is 11.8. The van der Waals surface area contributed by atoms with Gasteiger partial charge in [-0.1, -0.05) is 11.6 Å². The Bertz CT molecular complexity index is 355. The van der Waals surface area contributed by atoms with Crippen LogP contribution in [0.4, 0.5) is 0 Å². The molecule has 1 aliphatic rings. The number of aliphatic hydroxyl groups excluding tert-OH is 1. The fourth-order valence-electron chi connectivity index (χ4n) is 1.98. The number of ether oxygens (including phenoxy) is 1. The number of aliphatic hydroxyl groups is 1. The molecular weight excluding hydrogens is 270 g/mol. The van der Waals surface area contributed by atoms with E-state index in [2.05, 4.69) is 0 Å². The van der Waals surface area contributed by atoms with E-state index >= 15 is 0 Å². The lowest BCUT2D eigenvalue weighted by Crippen LogP contribution is -3.15. The van der Waals surface area contributed by atoms with Gasteiger partial charge in [-0.05, 0) is 24.3 Å². The Morgan fingerprint density at radius 1 is 1.28 bits per heavy atom. The molecule has 0 amide bonds. The number of halogens is 1. The van der Waals surface area contributed by atoms with Crippen LogP contribution in [0.2, 0.25) is 5.02 Å². The first kappa shape index (κ1) is 14.2. The second kappa shape index (κ2) is 7.36. The molecule has 5 heteroatoms. The van der Waals surface area contributed by atoms with E-state index in [4.69, 9.17) is 16.3 Å². The Hall–Kier alpha value is -0.260. The van der Waals surface area contributed by atoms with Crippen molar-refractivity contribution >= 4 is 23.4 Å². The molecule has 0 aromatic heterocycles. The first-order valence-corrected chi connectivity index (χ1v) is 7.58. The van der Waals surface area contributed by atoms with Crippen molar-refractivity contribution in [3.63, 3.8) is 0 Å². The highest BCUT2D eigenvalue weighted by molar-refractivity contribution is 7.99. The van der Waals surface area contributed by atoms with Crippen LogP contribution < -0.4 is 4.90 Å². The summed E-state index contributed by atoms with van der Waals surface area (Å²) in [6, 6.07) is 7.73. The Labute approximate surface area is 117 Å². The lowest BCUT2D eigenvalue weighted by Gasteiger charge is -2.25. The topological polar surface area (TPSA) is 33.9 Å². The molecule has 1 heterocycles. The third-order valence-electron chi connectivity index (χ3n) is 2.98. The van der Waals surface area contributed by atoms with Crippen molar-refractivity contribution in [3.8, 4) is 0 Å². The SMILES string of the molecule is O[C@H](CSc1ccc(Cl)cc1)C[NH+]1CCOCC1. The van der Waals surface area contributed by atoms with Crippen molar-refractivity contribution in [2.75, 3.05) is 38.6 Å². The van der Waals surface area contributed by atoms with Crippen LogP contribution in [0.3, 0.4) is 0 Å². The number of hydrogen-bond donors (Lipinski definition) is 2. The van der Waals surface area contributed by atoms with Crippen molar-refractivity contribution in [1.29, 1.82) is 0 Å². The Balaban J connectivity index is 1.70. The average molecular weight is 289 g/mol. The van der Waals surface area contributed by atoms with Crippen LogP contribution >= 0.6 is 23.4 Å². The molecule has 1 aromatic rings. The number of rotatable bonds is 5. The summed E-state index contributed by atoms with van der Waals surface area (Å²) in [6.07, 6.45) is -0.265. The summed E-state index contributed by atoms with van der Waals surface area (Å²) in [5.41, 5.74) is 0. The number of morpholine rings is 1. The van der Waals surface area contributed by atoms with Crippen LogP contribution in [0.5, 0.6) is 0 Å². The lowest BCUT2D eigenvalue weighted by molar-refractivity contribution is -0.910. The summed E-state index contributed by atoms with van der Waals surface area (Å²) in [4.78, 5) is 2.58. The van der Waals surface area contributed by atoms with E-state index in [9.17, 15) is 5.11 Å². The highest BCUT2D eigenvalue weighted by Gasteiger charge is 2.18. The van der Waals surface area contributed by atoms with Crippen molar-refractivity contribution in [3.05, 3.63) is 29.3 Å². The van der Waals surface area contributed by atoms with Crippen molar-refractivity contribution < 1.29 is 14.7 Å². The standard InChI is InChI=1S/C13H18ClNO2S/c14-11-1-3-13(4-2-11)18-10-12(16)9-15-5-7-17-8-6-15/h1-4,12,16H,5-10H2/p+1/t12-/m0/s1. The maximum absolute atomic E-state index is 10.0. The van der Waals surface area contributed by atoms with E-state index in [1.165, 1.54) is 4.90 Å². The van der Waals surface area contributed by atoms with E-state index in [0.29, 0.717) is 0 Å². The molecule has 0 aliphatic carbocycles. The first-order chi connectivity index (χ1) is 8.74. The molecule has 18 heavy (non-hydrogen) atoms. The van der Waals surface area contributed by atoms with Crippen LogP contribution in [0.1, 0.15) is 0 Å². The minimum atomic E-state index is -0.265. The van der Waals surface area contributed by atoms with Gasteiger partial charge in [0.05, 0.1) is 13.2 Å². The third-order valence-corrected chi connectivity index (χ3v) is 4.39. The number of hydrogen-bond acceptors (Lipinski definition) is 3. The zero-order valence-electron chi connectivity index (χ0n) is 10.3. The molecule has 1 aromatic carbocycles. The van der Waals surface area contributed by atoms with E-state index in [0.717, 1.165) is 48.5 Å². The summed E-state index contributed by atoms with van der Waals surface area (Å²) >= 11 is 7.50. The molecule has 3 nitrogen and oxygen atoms in total. The molecule has 1 aliphatic heterocycles. The summed E-state index contributed by atoms with van der Waals surface area (Å²) in [6.45, 7) is 4.44. The highest BCUT2D eigenvalue weighted by atomic mass is 35.5. The number of quaternary nitrogens is 1. The monoisotopic (exact) mass is 288 g/mol. The number of nitrogens with one attached hydrogen (secondary N) is 1. The van der Waals surface area contributed by atoms with Crippen LogP contribution in [0, 0.1) is 0 Å². The van der Waals surface area contributed by atoms with E-state index in [-0.39, 0.29) is 6.10 Å². The molecule has 1 fully saturated rings. The maximum atomic E-state index is 10.0.